The molecule has 2 rings (SSSR count). The minimum Gasteiger partial charge on any atom is -0.335 e. The summed E-state index contributed by atoms with van der Waals surface area (Å²) in [6.45, 7) is 7.14. The van der Waals surface area contributed by atoms with Gasteiger partial charge in [-0.15, -0.1) is 0 Å². The van der Waals surface area contributed by atoms with Crippen LogP contribution in [0.1, 0.15) is 51.6 Å². The van der Waals surface area contributed by atoms with Gasteiger partial charge in [0.2, 0.25) is 0 Å². The molecule has 5 heteroatoms. The number of hydrogen-bond acceptors (Lipinski definition) is 2. The number of aromatic nitrogens is 2. The molecule has 112 valence electrons. The van der Waals surface area contributed by atoms with Gasteiger partial charge in [-0.2, -0.15) is 5.10 Å². The van der Waals surface area contributed by atoms with Crippen molar-refractivity contribution in [3.05, 3.63) is 11.9 Å². The van der Waals surface area contributed by atoms with E-state index in [0.717, 1.165) is 30.8 Å². The minimum absolute atomic E-state index is 0.123. The molecule has 1 aromatic rings. The summed E-state index contributed by atoms with van der Waals surface area (Å²) >= 11 is 0. The number of nitrogens with one attached hydrogen (secondary N) is 2. The van der Waals surface area contributed by atoms with Gasteiger partial charge in [0, 0.05) is 12.6 Å². The molecular formula is C15H26N4O. The molecule has 20 heavy (non-hydrogen) atoms. The molecule has 0 unspecified atom stereocenters. The summed E-state index contributed by atoms with van der Waals surface area (Å²) < 4.78 is 1.95. The van der Waals surface area contributed by atoms with Crippen LogP contribution in [0, 0.1) is 12.8 Å². The van der Waals surface area contributed by atoms with Crippen LogP contribution >= 0.6 is 0 Å². The fourth-order valence-corrected chi connectivity index (χ4v) is 2.53. The van der Waals surface area contributed by atoms with E-state index in [-0.39, 0.29) is 12.1 Å². The van der Waals surface area contributed by atoms with E-state index in [1.54, 1.807) is 6.20 Å². The lowest BCUT2D eigenvalue weighted by molar-refractivity contribution is 0.222. The molecule has 2 amide bonds. The molecule has 0 radical (unpaired) electrons. The Morgan fingerprint density at radius 3 is 2.90 bits per heavy atom. The number of anilines is 1. The van der Waals surface area contributed by atoms with E-state index < -0.39 is 0 Å². The van der Waals surface area contributed by atoms with Gasteiger partial charge in [0.25, 0.3) is 0 Å². The van der Waals surface area contributed by atoms with E-state index >= 15 is 0 Å². The number of rotatable bonds is 6. The third-order valence-corrected chi connectivity index (χ3v) is 4.29. The Bertz CT molecular complexity index is 451. The quantitative estimate of drug-likeness (QED) is 0.838. The molecule has 0 aromatic carbocycles. The Hall–Kier alpha value is -1.52. The number of amides is 2. The van der Waals surface area contributed by atoms with Gasteiger partial charge >= 0.3 is 6.03 Å². The standard InChI is InChI=1S/C15H26N4O/c1-4-5-9-19-12(3)14(10-16-19)18-15(20)17-11(2)13-7-6-8-13/h10-11,13H,4-9H2,1-3H3,(H2,17,18,20)/t11-/m0/s1. The van der Waals surface area contributed by atoms with E-state index in [1.807, 2.05) is 11.6 Å². The van der Waals surface area contributed by atoms with Crippen LogP contribution in [-0.4, -0.2) is 21.9 Å². The van der Waals surface area contributed by atoms with Crippen LogP contribution in [0.2, 0.25) is 0 Å². The summed E-state index contributed by atoms with van der Waals surface area (Å²) in [6, 6.07) is 0.127. The first-order valence-electron chi connectivity index (χ1n) is 7.71. The molecule has 1 saturated carbocycles. The Balaban J connectivity index is 1.85. The van der Waals surface area contributed by atoms with Crippen molar-refractivity contribution >= 4 is 11.7 Å². The van der Waals surface area contributed by atoms with Gasteiger partial charge in [-0.1, -0.05) is 19.8 Å². The Morgan fingerprint density at radius 2 is 2.30 bits per heavy atom. The highest BCUT2D eigenvalue weighted by atomic mass is 16.2. The fourth-order valence-electron chi connectivity index (χ4n) is 2.53. The second-order valence-electron chi connectivity index (χ2n) is 5.80. The maximum Gasteiger partial charge on any atom is 0.319 e. The van der Waals surface area contributed by atoms with Gasteiger partial charge in [0.15, 0.2) is 0 Å². The van der Waals surface area contributed by atoms with Crippen LogP contribution in [0.5, 0.6) is 0 Å². The van der Waals surface area contributed by atoms with Gasteiger partial charge in [-0.05, 0) is 39.0 Å². The van der Waals surface area contributed by atoms with Gasteiger partial charge in [-0.25, -0.2) is 4.79 Å². The SMILES string of the molecule is CCCCn1ncc(NC(=O)N[C@@H](C)C2CCC2)c1C. The molecule has 1 aromatic heterocycles. The molecule has 2 N–H and O–H groups in total. The molecule has 0 aliphatic heterocycles. The van der Waals surface area contributed by atoms with Gasteiger partial charge in [-0.3, -0.25) is 4.68 Å². The zero-order valence-electron chi connectivity index (χ0n) is 12.8. The van der Waals surface area contributed by atoms with Gasteiger partial charge in [0.1, 0.15) is 0 Å². The lowest BCUT2D eigenvalue weighted by Crippen LogP contribution is -2.42. The highest BCUT2D eigenvalue weighted by molar-refractivity contribution is 5.89. The van der Waals surface area contributed by atoms with Gasteiger partial charge in [0.05, 0.1) is 17.6 Å². The molecule has 1 aliphatic carbocycles. The first-order valence-corrected chi connectivity index (χ1v) is 7.71. The number of carbonyl (C=O) groups excluding carboxylic acids is 1. The second-order valence-corrected chi connectivity index (χ2v) is 5.80. The van der Waals surface area contributed by atoms with Crippen molar-refractivity contribution in [2.45, 2.75) is 65.5 Å². The van der Waals surface area contributed by atoms with Crippen LogP contribution in [-0.2, 0) is 6.54 Å². The maximum atomic E-state index is 12.0. The normalized spacial score (nSPS) is 16.6. The highest BCUT2D eigenvalue weighted by Crippen LogP contribution is 2.29. The van der Waals surface area contributed by atoms with Crippen molar-refractivity contribution in [1.29, 1.82) is 0 Å². The average Bonchev–Trinajstić information content (AvgIpc) is 2.66. The fraction of sp³-hybridized carbons (Fsp3) is 0.733. The molecule has 0 bridgehead atoms. The molecular weight excluding hydrogens is 252 g/mol. The first-order chi connectivity index (χ1) is 9.61. The number of unbranched alkanes of at least 4 members (excludes halogenated alkanes) is 1. The van der Waals surface area contributed by atoms with Crippen molar-refractivity contribution in [2.24, 2.45) is 5.92 Å². The van der Waals surface area contributed by atoms with Crippen LogP contribution < -0.4 is 10.6 Å². The van der Waals surface area contributed by atoms with Crippen molar-refractivity contribution in [2.75, 3.05) is 5.32 Å². The highest BCUT2D eigenvalue weighted by Gasteiger charge is 2.25. The van der Waals surface area contributed by atoms with Crippen molar-refractivity contribution in [3.8, 4) is 0 Å². The lowest BCUT2D eigenvalue weighted by Gasteiger charge is -2.31. The Labute approximate surface area is 121 Å². The summed E-state index contributed by atoms with van der Waals surface area (Å²) in [4.78, 5) is 12.0. The Kier molecular flexibility index (Phi) is 5.04. The van der Waals surface area contributed by atoms with Crippen molar-refractivity contribution < 1.29 is 4.79 Å². The Morgan fingerprint density at radius 1 is 1.55 bits per heavy atom. The maximum absolute atomic E-state index is 12.0. The van der Waals surface area contributed by atoms with E-state index in [9.17, 15) is 4.79 Å². The zero-order chi connectivity index (χ0) is 14.5. The molecule has 0 spiro atoms. The smallest absolute Gasteiger partial charge is 0.319 e. The molecule has 5 nitrogen and oxygen atoms in total. The zero-order valence-corrected chi connectivity index (χ0v) is 12.8. The van der Waals surface area contributed by atoms with Crippen LogP contribution in [0.3, 0.4) is 0 Å². The molecule has 1 aliphatic rings. The third-order valence-electron chi connectivity index (χ3n) is 4.29. The van der Waals surface area contributed by atoms with Crippen LogP contribution in [0.25, 0.3) is 0 Å². The monoisotopic (exact) mass is 278 g/mol. The van der Waals surface area contributed by atoms with E-state index in [2.05, 4.69) is 29.6 Å². The number of aryl methyl sites for hydroxylation is 1. The molecule has 1 fully saturated rings. The lowest BCUT2D eigenvalue weighted by atomic mass is 9.80. The second kappa shape index (κ2) is 6.77. The number of carbonyl (C=O) groups is 1. The first kappa shape index (κ1) is 14.9. The number of hydrogen-bond donors (Lipinski definition) is 2. The minimum atomic E-state index is -0.123. The molecule has 1 heterocycles. The topological polar surface area (TPSA) is 59.0 Å². The van der Waals surface area contributed by atoms with E-state index in [0.29, 0.717) is 5.92 Å². The average molecular weight is 278 g/mol. The summed E-state index contributed by atoms with van der Waals surface area (Å²) in [5.41, 5.74) is 1.82. The third kappa shape index (κ3) is 3.52. The predicted octanol–water partition coefficient (Wildman–Crippen LogP) is 3.30. The summed E-state index contributed by atoms with van der Waals surface area (Å²) in [5, 5.41) is 10.3. The van der Waals surface area contributed by atoms with E-state index in [1.165, 1.54) is 19.3 Å². The molecule has 1 atom stereocenters. The van der Waals surface area contributed by atoms with Crippen LogP contribution in [0.15, 0.2) is 6.20 Å². The van der Waals surface area contributed by atoms with Crippen molar-refractivity contribution in [1.82, 2.24) is 15.1 Å². The van der Waals surface area contributed by atoms with E-state index in [4.69, 9.17) is 0 Å². The largest absolute Gasteiger partial charge is 0.335 e. The van der Waals surface area contributed by atoms with Gasteiger partial charge < -0.3 is 10.6 Å². The predicted molar refractivity (Wildman–Crippen MR) is 80.8 cm³/mol. The summed E-state index contributed by atoms with van der Waals surface area (Å²) in [6.07, 6.45) is 7.74. The number of nitrogens with zero attached hydrogens (tertiary/aromatic N) is 2. The van der Waals surface area contributed by atoms with Crippen LogP contribution in [0.4, 0.5) is 10.5 Å². The van der Waals surface area contributed by atoms with Crippen molar-refractivity contribution in [3.63, 3.8) is 0 Å². The molecule has 0 saturated heterocycles. The summed E-state index contributed by atoms with van der Waals surface area (Å²) in [5.74, 6) is 0.647. The summed E-state index contributed by atoms with van der Waals surface area (Å²) in [7, 11) is 0. The number of urea groups is 1.